The van der Waals surface area contributed by atoms with Crippen LogP contribution in [0.15, 0.2) is 59.9 Å². The van der Waals surface area contributed by atoms with Crippen LogP contribution in [0.3, 0.4) is 0 Å². The third kappa shape index (κ3) is 4.90. The van der Waals surface area contributed by atoms with Crippen LogP contribution in [-0.4, -0.2) is 30.1 Å². The van der Waals surface area contributed by atoms with E-state index in [-0.39, 0.29) is 27.9 Å². The summed E-state index contributed by atoms with van der Waals surface area (Å²) in [6.07, 6.45) is 1.03. The van der Waals surface area contributed by atoms with E-state index in [0.717, 1.165) is 11.8 Å². The van der Waals surface area contributed by atoms with E-state index in [1.807, 2.05) is 0 Å². The van der Waals surface area contributed by atoms with Crippen molar-refractivity contribution >= 4 is 33.2 Å². The maximum absolute atomic E-state index is 12.7. The highest BCUT2D eigenvalue weighted by Crippen LogP contribution is 2.24. The highest BCUT2D eigenvalue weighted by molar-refractivity contribution is 7.90. The van der Waals surface area contributed by atoms with Gasteiger partial charge in [0.15, 0.2) is 11.5 Å². The molecule has 0 N–H and O–H groups in total. The van der Waals surface area contributed by atoms with Crippen molar-refractivity contribution in [3.8, 4) is 5.75 Å². The number of esters is 1. The molecule has 3 rings (SSSR count). The molecule has 0 spiro atoms. The standard InChI is InChI=1S/C21H17ClN2O5S/c1-13-8-9-18(16(10-13)14(2)25)29-20(26)19-17(22)11-23-21(24-19)30(27,28)12-15-6-4-3-5-7-15/h3-11H,12H2,1-2H3. The van der Waals surface area contributed by atoms with Crippen LogP contribution in [0.5, 0.6) is 5.75 Å². The largest absolute Gasteiger partial charge is 0.421 e. The van der Waals surface area contributed by atoms with E-state index in [2.05, 4.69) is 9.97 Å². The number of hydrogen-bond donors (Lipinski definition) is 0. The van der Waals surface area contributed by atoms with Gasteiger partial charge in [-0.2, -0.15) is 0 Å². The number of hydrogen-bond acceptors (Lipinski definition) is 7. The second-order valence-electron chi connectivity index (χ2n) is 6.54. The van der Waals surface area contributed by atoms with Crippen LogP contribution in [0.25, 0.3) is 0 Å². The number of ketones is 1. The van der Waals surface area contributed by atoms with Crippen molar-refractivity contribution < 1.29 is 22.7 Å². The van der Waals surface area contributed by atoms with Gasteiger partial charge in [-0.3, -0.25) is 4.79 Å². The number of nitrogens with zero attached hydrogens (tertiary/aromatic N) is 2. The average Bonchev–Trinajstić information content (AvgIpc) is 2.69. The number of sulfone groups is 1. The number of aryl methyl sites for hydroxylation is 1. The van der Waals surface area contributed by atoms with E-state index in [0.29, 0.717) is 5.56 Å². The zero-order valence-electron chi connectivity index (χ0n) is 16.1. The minimum atomic E-state index is -3.93. The zero-order chi connectivity index (χ0) is 21.9. The Balaban J connectivity index is 1.92. The SMILES string of the molecule is CC(=O)c1cc(C)ccc1OC(=O)c1nc(S(=O)(=O)Cc2ccccc2)ncc1Cl. The molecule has 1 aromatic heterocycles. The van der Waals surface area contributed by atoms with Gasteiger partial charge in [0.05, 0.1) is 22.5 Å². The predicted molar refractivity (Wildman–Crippen MR) is 111 cm³/mol. The molecule has 0 amide bonds. The summed E-state index contributed by atoms with van der Waals surface area (Å²) < 4.78 is 30.6. The van der Waals surface area contributed by atoms with E-state index >= 15 is 0 Å². The van der Waals surface area contributed by atoms with E-state index in [9.17, 15) is 18.0 Å². The van der Waals surface area contributed by atoms with Gasteiger partial charge in [-0.25, -0.2) is 23.2 Å². The Kier molecular flexibility index (Phi) is 6.28. The molecule has 0 atom stereocenters. The van der Waals surface area contributed by atoms with E-state index in [1.165, 1.54) is 13.0 Å². The molecular formula is C21H17ClN2O5S. The first-order chi connectivity index (χ1) is 14.2. The maximum Gasteiger partial charge on any atom is 0.364 e. The molecule has 0 bridgehead atoms. The van der Waals surface area contributed by atoms with Gasteiger partial charge in [-0.1, -0.05) is 53.6 Å². The van der Waals surface area contributed by atoms with E-state index < -0.39 is 26.7 Å². The minimum Gasteiger partial charge on any atom is -0.421 e. The Bertz CT molecular complexity index is 1230. The fourth-order valence-electron chi connectivity index (χ4n) is 2.66. The quantitative estimate of drug-likeness (QED) is 0.246. The third-order valence-corrected chi connectivity index (χ3v) is 5.85. The van der Waals surface area contributed by atoms with Crippen molar-refractivity contribution in [3.05, 3.63) is 82.1 Å². The highest BCUT2D eigenvalue weighted by Gasteiger charge is 2.24. The summed E-state index contributed by atoms with van der Waals surface area (Å²) in [5.41, 5.74) is 1.17. The Labute approximate surface area is 178 Å². The fraction of sp³-hybridized carbons (Fsp3) is 0.143. The molecule has 9 heteroatoms. The maximum atomic E-state index is 12.7. The van der Waals surface area contributed by atoms with Gasteiger partial charge >= 0.3 is 5.97 Å². The second kappa shape index (κ2) is 8.73. The van der Waals surface area contributed by atoms with Gasteiger partial charge in [-0.15, -0.1) is 0 Å². The summed E-state index contributed by atoms with van der Waals surface area (Å²) in [5, 5.41) is -0.714. The number of aromatic nitrogens is 2. The summed E-state index contributed by atoms with van der Waals surface area (Å²) >= 11 is 6.01. The molecule has 3 aromatic rings. The van der Waals surface area contributed by atoms with Crippen molar-refractivity contribution in [2.45, 2.75) is 24.8 Å². The molecule has 0 aliphatic heterocycles. The van der Waals surface area contributed by atoms with E-state index in [1.54, 1.807) is 49.4 Å². The van der Waals surface area contributed by atoms with Crippen molar-refractivity contribution in [1.82, 2.24) is 9.97 Å². The Morgan fingerprint density at radius 2 is 1.80 bits per heavy atom. The van der Waals surface area contributed by atoms with Gasteiger partial charge in [0.25, 0.3) is 0 Å². The Morgan fingerprint density at radius 1 is 1.10 bits per heavy atom. The van der Waals surface area contributed by atoms with E-state index in [4.69, 9.17) is 16.3 Å². The lowest BCUT2D eigenvalue weighted by atomic mass is 10.1. The number of rotatable bonds is 6. The van der Waals surface area contributed by atoms with Crippen molar-refractivity contribution in [3.63, 3.8) is 0 Å². The monoisotopic (exact) mass is 444 g/mol. The topological polar surface area (TPSA) is 103 Å². The molecule has 0 fully saturated rings. The van der Waals surface area contributed by atoms with Gasteiger partial charge in [0.2, 0.25) is 15.0 Å². The molecule has 7 nitrogen and oxygen atoms in total. The smallest absolute Gasteiger partial charge is 0.364 e. The summed E-state index contributed by atoms with van der Waals surface area (Å²) in [6, 6.07) is 13.2. The molecule has 30 heavy (non-hydrogen) atoms. The average molecular weight is 445 g/mol. The number of carbonyl (C=O) groups is 2. The van der Waals surface area contributed by atoms with Crippen LogP contribution in [0.2, 0.25) is 5.02 Å². The van der Waals surface area contributed by atoms with Crippen LogP contribution in [0.1, 0.15) is 38.9 Å². The van der Waals surface area contributed by atoms with Crippen LogP contribution in [0.4, 0.5) is 0 Å². The minimum absolute atomic E-state index is 0.0291. The second-order valence-corrected chi connectivity index (χ2v) is 8.83. The van der Waals surface area contributed by atoms with Gasteiger partial charge < -0.3 is 4.74 Å². The van der Waals surface area contributed by atoms with Crippen LogP contribution < -0.4 is 4.74 Å². The van der Waals surface area contributed by atoms with Gasteiger partial charge in [-0.05, 0) is 31.5 Å². The molecule has 154 valence electrons. The van der Waals surface area contributed by atoms with Crippen LogP contribution in [-0.2, 0) is 15.6 Å². The molecule has 0 radical (unpaired) electrons. The molecule has 1 heterocycles. The summed E-state index contributed by atoms with van der Waals surface area (Å²) in [5.74, 6) is -1.59. The zero-order valence-corrected chi connectivity index (χ0v) is 17.7. The first kappa shape index (κ1) is 21.6. The molecule has 0 saturated carbocycles. The Hall–Kier alpha value is -3.10. The summed E-state index contributed by atoms with van der Waals surface area (Å²) in [4.78, 5) is 32.1. The fourth-order valence-corrected chi connectivity index (χ4v) is 4.03. The number of benzene rings is 2. The van der Waals surface area contributed by atoms with Gasteiger partial charge in [0, 0.05) is 0 Å². The first-order valence-electron chi connectivity index (χ1n) is 8.80. The molecular weight excluding hydrogens is 428 g/mol. The lowest BCUT2D eigenvalue weighted by Gasteiger charge is -2.10. The Morgan fingerprint density at radius 3 is 2.47 bits per heavy atom. The highest BCUT2D eigenvalue weighted by atomic mass is 35.5. The van der Waals surface area contributed by atoms with Crippen LogP contribution >= 0.6 is 11.6 Å². The molecule has 0 unspecified atom stereocenters. The molecule has 0 aliphatic carbocycles. The number of Topliss-reactive ketones (excluding diaryl/α,β-unsaturated/α-hetero) is 1. The van der Waals surface area contributed by atoms with Gasteiger partial charge in [0.1, 0.15) is 5.75 Å². The third-order valence-electron chi connectivity index (χ3n) is 4.11. The molecule has 2 aromatic carbocycles. The summed E-state index contributed by atoms with van der Waals surface area (Å²) in [7, 11) is -3.93. The van der Waals surface area contributed by atoms with Crippen molar-refractivity contribution in [1.29, 1.82) is 0 Å². The molecule has 0 saturated heterocycles. The lowest BCUT2D eigenvalue weighted by Crippen LogP contribution is -2.17. The normalized spacial score (nSPS) is 11.2. The predicted octanol–water partition coefficient (Wildman–Crippen LogP) is 3.83. The first-order valence-corrected chi connectivity index (χ1v) is 10.8. The lowest BCUT2D eigenvalue weighted by molar-refractivity contribution is 0.0725. The number of ether oxygens (including phenoxy) is 1. The van der Waals surface area contributed by atoms with Crippen LogP contribution in [0, 0.1) is 6.92 Å². The summed E-state index contributed by atoms with van der Waals surface area (Å²) in [6.45, 7) is 3.14. The number of halogens is 1. The number of carbonyl (C=O) groups excluding carboxylic acids is 2. The van der Waals surface area contributed by atoms with Crippen molar-refractivity contribution in [2.75, 3.05) is 0 Å². The van der Waals surface area contributed by atoms with Crippen molar-refractivity contribution in [2.24, 2.45) is 0 Å². The molecule has 0 aliphatic rings.